The Morgan fingerprint density at radius 1 is 1.12 bits per heavy atom. The van der Waals surface area contributed by atoms with Gasteiger partial charge < -0.3 is 4.90 Å². The number of rotatable bonds is 1. The van der Waals surface area contributed by atoms with Gasteiger partial charge in [-0.3, -0.25) is 4.79 Å². The molecule has 0 radical (unpaired) electrons. The summed E-state index contributed by atoms with van der Waals surface area (Å²) in [5.41, 5.74) is 2.87. The summed E-state index contributed by atoms with van der Waals surface area (Å²) in [6.07, 6.45) is 3.07. The number of piperidine rings is 1. The molecule has 0 saturated carbocycles. The number of likely N-dealkylation sites (N-methyl/N-ethyl adjacent to an activating group) is 1. The van der Waals surface area contributed by atoms with Crippen molar-refractivity contribution in [2.24, 2.45) is 0 Å². The van der Waals surface area contributed by atoms with Gasteiger partial charge in [-0.15, -0.1) is 0 Å². The highest BCUT2D eigenvalue weighted by molar-refractivity contribution is 5.78. The minimum absolute atomic E-state index is 0.0357. The summed E-state index contributed by atoms with van der Waals surface area (Å²) in [7, 11) is 1.89. The monoisotopic (exact) mass is 341 g/mol. The second-order valence-electron chi connectivity index (χ2n) is 7.45. The lowest BCUT2D eigenvalue weighted by molar-refractivity contribution is -0.138. The van der Waals surface area contributed by atoms with Crippen LogP contribution in [0.2, 0.25) is 0 Å². The molecule has 0 N–H and O–H groups in total. The predicted octanol–water partition coefficient (Wildman–Crippen LogP) is 4.46. The minimum atomic E-state index is -0.539. The Kier molecular flexibility index (Phi) is 3.67. The number of hydrogen-bond donors (Lipinski definition) is 0. The van der Waals surface area contributed by atoms with E-state index in [2.05, 4.69) is 6.92 Å². The van der Waals surface area contributed by atoms with Crippen molar-refractivity contribution < 1.29 is 13.6 Å². The first-order valence-corrected chi connectivity index (χ1v) is 8.75. The second-order valence-corrected chi connectivity index (χ2v) is 7.45. The standard InChI is InChI=1S/C21H21F2NO/c1-21-11-10-19(25)24(2)18(21)9-7-13-12-14(6-8-15(13)21)20-16(22)4-3-5-17(20)23/h3-6,8,12,18H,7,9-11H2,1-2H3/t18-,21-/m1/s1. The largest absolute Gasteiger partial charge is 0.342 e. The van der Waals surface area contributed by atoms with Crippen LogP contribution in [0.15, 0.2) is 36.4 Å². The fraction of sp³-hybridized carbons (Fsp3) is 0.381. The third kappa shape index (κ3) is 2.38. The normalized spacial score (nSPS) is 25.5. The summed E-state index contributed by atoms with van der Waals surface area (Å²) in [6.45, 7) is 2.21. The van der Waals surface area contributed by atoms with Crippen LogP contribution in [0.3, 0.4) is 0 Å². The zero-order chi connectivity index (χ0) is 17.8. The smallest absolute Gasteiger partial charge is 0.222 e. The molecule has 0 unspecified atom stereocenters. The van der Waals surface area contributed by atoms with Crippen LogP contribution in [0.5, 0.6) is 0 Å². The van der Waals surface area contributed by atoms with Gasteiger partial charge in [0.1, 0.15) is 11.6 Å². The van der Waals surface area contributed by atoms with Gasteiger partial charge in [-0.05, 0) is 48.1 Å². The predicted molar refractivity (Wildman–Crippen MR) is 93.3 cm³/mol. The number of nitrogens with zero attached hydrogens (tertiary/aromatic N) is 1. The molecule has 1 aliphatic carbocycles. The highest BCUT2D eigenvalue weighted by Crippen LogP contribution is 2.46. The Bertz CT molecular complexity index is 843. The molecule has 2 aliphatic rings. The van der Waals surface area contributed by atoms with Crippen molar-refractivity contribution in [1.82, 2.24) is 4.90 Å². The Hall–Kier alpha value is -2.23. The number of benzene rings is 2. The second kappa shape index (κ2) is 5.65. The number of fused-ring (bicyclic) bond motifs is 3. The molecule has 2 atom stereocenters. The van der Waals surface area contributed by atoms with Crippen molar-refractivity contribution >= 4 is 5.91 Å². The van der Waals surface area contributed by atoms with E-state index < -0.39 is 11.6 Å². The molecular weight excluding hydrogens is 320 g/mol. The van der Waals surface area contributed by atoms with E-state index in [-0.39, 0.29) is 22.9 Å². The topological polar surface area (TPSA) is 20.3 Å². The number of halogens is 2. The summed E-state index contributed by atoms with van der Waals surface area (Å²) in [5, 5.41) is 0. The lowest BCUT2D eigenvalue weighted by Crippen LogP contribution is -2.56. The number of amides is 1. The molecule has 2 aromatic rings. The van der Waals surface area contributed by atoms with Crippen LogP contribution < -0.4 is 0 Å². The molecule has 2 aromatic carbocycles. The molecule has 1 heterocycles. The van der Waals surface area contributed by atoms with E-state index in [1.54, 1.807) is 0 Å². The van der Waals surface area contributed by atoms with Gasteiger partial charge >= 0.3 is 0 Å². The molecule has 0 spiro atoms. The average molecular weight is 341 g/mol. The quantitative estimate of drug-likeness (QED) is 0.750. The molecule has 1 aliphatic heterocycles. The van der Waals surface area contributed by atoms with E-state index >= 15 is 0 Å². The Labute approximate surface area is 146 Å². The number of hydrogen-bond acceptors (Lipinski definition) is 1. The van der Waals surface area contributed by atoms with Crippen LogP contribution in [-0.2, 0) is 16.6 Å². The molecule has 25 heavy (non-hydrogen) atoms. The first-order valence-electron chi connectivity index (χ1n) is 8.75. The fourth-order valence-electron chi connectivity index (χ4n) is 4.72. The molecule has 130 valence electrons. The zero-order valence-electron chi connectivity index (χ0n) is 14.5. The summed E-state index contributed by atoms with van der Waals surface area (Å²) in [4.78, 5) is 13.9. The van der Waals surface area contributed by atoms with Crippen molar-refractivity contribution in [2.75, 3.05) is 7.05 Å². The summed E-state index contributed by atoms with van der Waals surface area (Å²) in [5.74, 6) is -0.873. The third-order valence-electron chi connectivity index (χ3n) is 6.11. The molecule has 4 heteroatoms. The summed E-state index contributed by atoms with van der Waals surface area (Å²) >= 11 is 0. The molecule has 4 rings (SSSR count). The van der Waals surface area contributed by atoms with E-state index in [4.69, 9.17) is 0 Å². The Morgan fingerprint density at radius 3 is 2.56 bits per heavy atom. The van der Waals surface area contributed by atoms with Crippen molar-refractivity contribution in [3.05, 3.63) is 59.2 Å². The maximum absolute atomic E-state index is 14.1. The van der Waals surface area contributed by atoms with Gasteiger partial charge in [-0.1, -0.05) is 31.2 Å². The Balaban J connectivity index is 1.80. The maximum atomic E-state index is 14.1. The average Bonchev–Trinajstić information content (AvgIpc) is 2.58. The SMILES string of the molecule is CN1C(=O)CC[C@]2(C)c3ccc(-c4c(F)cccc4F)cc3CC[C@@H]12. The zero-order valence-corrected chi connectivity index (χ0v) is 14.5. The highest BCUT2D eigenvalue weighted by Gasteiger charge is 2.46. The van der Waals surface area contributed by atoms with Crippen molar-refractivity contribution in [2.45, 2.75) is 44.1 Å². The van der Waals surface area contributed by atoms with E-state index in [9.17, 15) is 13.6 Å². The minimum Gasteiger partial charge on any atom is -0.342 e. The number of carbonyl (C=O) groups is 1. The first-order chi connectivity index (χ1) is 11.9. The van der Waals surface area contributed by atoms with E-state index in [0.717, 1.165) is 24.8 Å². The highest BCUT2D eigenvalue weighted by atomic mass is 19.1. The van der Waals surface area contributed by atoms with E-state index in [0.29, 0.717) is 12.0 Å². The van der Waals surface area contributed by atoms with E-state index in [1.807, 2.05) is 30.1 Å². The number of carbonyl (C=O) groups excluding carboxylic acids is 1. The van der Waals surface area contributed by atoms with Crippen molar-refractivity contribution in [3.63, 3.8) is 0 Å². The van der Waals surface area contributed by atoms with Crippen LogP contribution in [-0.4, -0.2) is 23.9 Å². The molecule has 1 amide bonds. The third-order valence-corrected chi connectivity index (χ3v) is 6.11. The lowest BCUT2D eigenvalue weighted by atomic mass is 9.63. The summed E-state index contributed by atoms with van der Waals surface area (Å²) < 4.78 is 28.2. The van der Waals surface area contributed by atoms with Crippen molar-refractivity contribution in [1.29, 1.82) is 0 Å². The van der Waals surface area contributed by atoms with Gasteiger partial charge in [-0.25, -0.2) is 8.78 Å². The van der Waals surface area contributed by atoms with Gasteiger partial charge in [0, 0.05) is 24.9 Å². The molecule has 0 bridgehead atoms. The Morgan fingerprint density at radius 2 is 1.84 bits per heavy atom. The van der Waals surface area contributed by atoms with Gasteiger partial charge in [0.05, 0.1) is 5.56 Å². The van der Waals surface area contributed by atoms with E-state index in [1.165, 1.54) is 23.8 Å². The van der Waals surface area contributed by atoms with Crippen LogP contribution in [0, 0.1) is 11.6 Å². The number of aryl methyl sites for hydroxylation is 1. The first kappa shape index (κ1) is 16.2. The number of likely N-dealkylation sites (tertiary alicyclic amines) is 1. The maximum Gasteiger partial charge on any atom is 0.222 e. The lowest BCUT2D eigenvalue weighted by Gasteiger charge is -2.50. The van der Waals surface area contributed by atoms with Crippen LogP contribution in [0.25, 0.3) is 11.1 Å². The molecule has 0 aromatic heterocycles. The van der Waals surface area contributed by atoms with Gasteiger partial charge in [0.2, 0.25) is 5.91 Å². The fourth-order valence-corrected chi connectivity index (χ4v) is 4.72. The van der Waals surface area contributed by atoms with Crippen LogP contribution >= 0.6 is 0 Å². The molecule has 2 nitrogen and oxygen atoms in total. The van der Waals surface area contributed by atoms with Crippen molar-refractivity contribution in [3.8, 4) is 11.1 Å². The van der Waals surface area contributed by atoms with Crippen LogP contribution in [0.1, 0.15) is 37.3 Å². The van der Waals surface area contributed by atoms with Gasteiger partial charge in [-0.2, -0.15) is 0 Å². The summed E-state index contributed by atoms with van der Waals surface area (Å²) in [6, 6.07) is 9.89. The van der Waals surface area contributed by atoms with Gasteiger partial charge in [0.15, 0.2) is 0 Å². The molecular formula is C21H21F2NO. The van der Waals surface area contributed by atoms with Gasteiger partial charge in [0.25, 0.3) is 0 Å². The molecule has 1 fully saturated rings. The van der Waals surface area contributed by atoms with Crippen LogP contribution in [0.4, 0.5) is 8.78 Å². The molecule has 1 saturated heterocycles.